The zero-order valence-electron chi connectivity index (χ0n) is 21.3. The molecule has 1 saturated heterocycles. The number of aliphatic hydroxyl groups excluding tert-OH is 1. The number of ether oxygens (including phenoxy) is 3. The van der Waals surface area contributed by atoms with Gasteiger partial charge in [-0.15, -0.1) is 0 Å². The van der Waals surface area contributed by atoms with Crippen LogP contribution in [0.25, 0.3) is 10.8 Å². The molecule has 0 aromatic heterocycles. The molecule has 0 aliphatic carbocycles. The SMILES string of the molecule is O=C1c2cccc3cccc(c23)C(=O)N1CC1CCN(C[C@H](O)COC[C@@H]2COc3ccccc3O2)CC1. The molecule has 3 heterocycles. The van der Waals surface area contributed by atoms with Crippen molar-refractivity contribution < 1.29 is 28.9 Å². The van der Waals surface area contributed by atoms with Gasteiger partial charge in [-0.3, -0.25) is 14.5 Å². The molecule has 38 heavy (non-hydrogen) atoms. The summed E-state index contributed by atoms with van der Waals surface area (Å²) in [6.45, 7) is 3.55. The maximum atomic E-state index is 13.2. The first-order valence-electron chi connectivity index (χ1n) is 13.3. The van der Waals surface area contributed by atoms with E-state index in [0.29, 0.717) is 43.2 Å². The normalized spacial score (nSPS) is 20.7. The molecule has 8 heteroatoms. The average molecular weight is 517 g/mol. The summed E-state index contributed by atoms with van der Waals surface area (Å²) >= 11 is 0. The summed E-state index contributed by atoms with van der Waals surface area (Å²) in [4.78, 5) is 30.1. The van der Waals surface area contributed by atoms with E-state index in [2.05, 4.69) is 4.90 Å². The zero-order valence-corrected chi connectivity index (χ0v) is 21.3. The number of likely N-dealkylation sites (tertiary alicyclic amines) is 1. The predicted molar refractivity (Wildman–Crippen MR) is 142 cm³/mol. The quantitative estimate of drug-likeness (QED) is 0.460. The molecule has 1 fully saturated rings. The summed E-state index contributed by atoms with van der Waals surface area (Å²) in [6.07, 6.45) is 0.921. The molecular formula is C30H32N2O6. The maximum Gasteiger partial charge on any atom is 0.261 e. The number of hydrogen-bond donors (Lipinski definition) is 1. The van der Waals surface area contributed by atoms with E-state index in [9.17, 15) is 14.7 Å². The number of para-hydroxylation sites is 2. The Labute approximate surface area is 221 Å². The van der Waals surface area contributed by atoms with Gasteiger partial charge in [0.1, 0.15) is 6.61 Å². The Bertz CT molecular complexity index is 1280. The van der Waals surface area contributed by atoms with Crippen LogP contribution in [0.15, 0.2) is 60.7 Å². The second-order valence-corrected chi connectivity index (χ2v) is 10.4. The number of β-amino-alcohol motifs (C(OH)–C–C–N with tert-alkyl or cyclic N) is 1. The van der Waals surface area contributed by atoms with E-state index in [1.807, 2.05) is 60.7 Å². The Balaban J connectivity index is 0.952. The van der Waals surface area contributed by atoms with Crippen LogP contribution < -0.4 is 9.47 Å². The number of piperidine rings is 1. The van der Waals surface area contributed by atoms with Crippen molar-refractivity contribution in [2.24, 2.45) is 5.92 Å². The lowest BCUT2D eigenvalue weighted by Gasteiger charge is -2.36. The van der Waals surface area contributed by atoms with Gasteiger partial charge in [0.2, 0.25) is 0 Å². The van der Waals surface area contributed by atoms with Crippen molar-refractivity contribution in [2.75, 3.05) is 46.0 Å². The lowest BCUT2D eigenvalue weighted by molar-refractivity contribution is -0.0312. The summed E-state index contributed by atoms with van der Waals surface area (Å²) in [5.41, 5.74) is 1.21. The number of hydrogen-bond acceptors (Lipinski definition) is 7. The van der Waals surface area contributed by atoms with Crippen LogP contribution in [0.2, 0.25) is 0 Å². The van der Waals surface area contributed by atoms with Gasteiger partial charge in [0.05, 0.1) is 19.3 Å². The molecule has 0 saturated carbocycles. The van der Waals surface area contributed by atoms with Crippen LogP contribution in [-0.4, -0.2) is 84.9 Å². The fourth-order valence-electron chi connectivity index (χ4n) is 5.69. The molecule has 3 aliphatic heterocycles. The van der Waals surface area contributed by atoms with E-state index in [-0.39, 0.29) is 30.4 Å². The minimum Gasteiger partial charge on any atom is -0.486 e. The number of amides is 2. The van der Waals surface area contributed by atoms with E-state index in [1.54, 1.807) is 0 Å². The predicted octanol–water partition coefficient (Wildman–Crippen LogP) is 3.37. The molecule has 2 amide bonds. The average Bonchev–Trinajstić information content (AvgIpc) is 2.95. The molecule has 8 nitrogen and oxygen atoms in total. The van der Waals surface area contributed by atoms with Crippen molar-refractivity contribution in [3.63, 3.8) is 0 Å². The van der Waals surface area contributed by atoms with E-state index >= 15 is 0 Å². The molecule has 198 valence electrons. The first kappa shape index (κ1) is 24.9. The fourth-order valence-corrected chi connectivity index (χ4v) is 5.69. The first-order valence-corrected chi connectivity index (χ1v) is 13.3. The molecule has 3 aromatic rings. The Morgan fingerprint density at radius 1 is 0.921 bits per heavy atom. The van der Waals surface area contributed by atoms with E-state index < -0.39 is 6.10 Å². The number of carbonyl (C=O) groups excluding carboxylic acids is 2. The molecule has 3 aromatic carbocycles. The van der Waals surface area contributed by atoms with Gasteiger partial charge in [0, 0.05) is 29.6 Å². The van der Waals surface area contributed by atoms with Crippen molar-refractivity contribution in [2.45, 2.75) is 25.0 Å². The first-order chi connectivity index (χ1) is 18.6. The molecule has 3 aliphatic rings. The Kier molecular flexibility index (Phi) is 7.02. The van der Waals surface area contributed by atoms with Gasteiger partial charge >= 0.3 is 0 Å². The van der Waals surface area contributed by atoms with Crippen LogP contribution >= 0.6 is 0 Å². The number of rotatable bonds is 8. The summed E-state index contributed by atoms with van der Waals surface area (Å²) in [6, 6.07) is 18.8. The maximum absolute atomic E-state index is 13.2. The summed E-state index contributed by atoms with van der Waals surface area (Å²) < 4.78 is 17.3. The topological polar surface area (TPSA) is 88.5 Å². The standard InChI is InChI=1S/C30H32N2O6/c33-22(17-36-18-23-19-37-26-9-1-2-10-27(26)38-23)16-31-13-11-20(12-14-31)15-32-29(34)24-7-3-5-21-6-4-8-25(28(21)24)30(32)35/h1-10,20,22-23,33H,11-19H2/t22-,23+/m0/s1. The largest absolute Gasteiger partial charge is 0.486 e. The molecule has 6 rings (SSSR count). The third-order valence-electron chi connectivity index (χ3n) is 7.65. The highest BCUT2D eigenvalue weighted by Crippen LogP contribution is 2.32. The number of imide groups is 1. The van der Waals surface area contributed by atoms with E-state index in [4.69, 9.17) is 14.2 Å². The number of nitrogens with zero attached hydrogens (tertiary/aromatic N) is 2. The minimum absolute atomic E-state index is 0.202. The molecule has 0 radical (unpaired) electrons. The highest BCUT2D eigenvalue weighted by molar-refractivity contribution is 6.25. The van der Waals surface area contributed by atoms with Crippen molar-refractivity contribution in [1.82, 2.24) is 9.80 Å². The third-order valence-corrected chi connectivity index (χ3v) is 7.65. The lowest BCUT2D eigenvalue weighted by atomic mass is 9.91. The van der Waals surface area contributed by atoms with Crippen LogP contribution in [0.4, 0.5) is 0 Å². The van der Waals surface area contributed by atoms with Crippen LogP contribution in [0, 0.1) is 5.92 Å². The Morgan fingerprint density at radius 3 is 2.32 bits per heavy atom. The van der Waals surface area contributed by atoms with E-state index in [1.165, 1.54) is 4.90 Å². The fraction of sp³-hybridized carbons (Fsp3) is 0.400. The Morgan fingerprint density at radius 2 is 1.61 bits per heavy atom. The summed E-state index contributed by atoms with van der Waals surface area (Å²) in [7, 11) is 0. The molecule has 0 unspecified atom stereocenters. The van der Waals surface area contributed by atoms with Crippen LogP contribution in [0.3, 0.4) is 0 Å². The second-order valence-electron chi connectivity index (χ2n) is 10.4. The monoisotopic (exact) mass is 516 g/mol. The van der Waals surface area contributed by atoms with Crippen LogP contribution in [0.5, 0.6) is 11.5 Å². The van der Waals surface area contributed by atoms with Crippen LogP contribution in [0.1, 0.15) is 33.6 Å². The lowest BCUT2D eigenvalue weighted by Crippen LogP contribution is -2.46. The van der Waals surface area contributed by atoms with Gasteiger partial charge in [-0.1, -0.05) is 36.4 Å². The molecule has 0 bridgehead atoms. The molecule has 2 atom stereocenters. The molecule has 0 spiro atoms. The smallest absolute Gasteiger partial charge is 0.261 e. The van der Waals surface area contributed by atoms with Gasteiger partial charge in [-0.25, -0.2) is 0 Å². The zero-order chi connectivity index (χ0) is 26.1. The third kappa shape index (κ3) is 4.99. The summed E-state index contributed by atoms with van der Waals surface area (Å²) in [5, 5.41) is 12.2. The highest BCUT2D eigenvalue weighted by atomic mass is 16.6. The van der Waals surface area contributed by atoms with Gasteiger partial charge in [0.15, 0.2) is 17.6 Å². The summed E-state index contributed by atoms with van der Waals surface area (Å²) in [5.74, 6) is 1.28. The minimum atomic E-state index is -0.606. The van der Waals surface area contributed by atoms with Gasteiger partial charge in [-0.2, -0.15) is 0 Å². The van der Waals surface area contributed by atoms with Gasteiger partial charge in [-0.05, 0) is 61.5 Å². The number of benzene rings is 3. The molecular weight excluding hydrogens is 484 g/mol. The van der Waals surface area contributed by atoms with Crippen molar-refractivity contribution >= 4 is 22.6 Å². The Hall–Kier alpha value is -3.46. The van der Waals surface area contributed by atoms with Crippen molar-refractivity contribution in [3.8, 4) is 11.5 Å². The number of aliphatic hydroxyl groups is 1. The van der Waals surface area contributed by atoms with Crippen LogP contribution in [-0.2, 0) is 4.74 Å². The molecule has 1 N–H and O–H groups in total. The van der Waals surface area contributed by atoms with Crippen molar-refractivity contribution in [3.05, 3.63) is 71.8 Å². The highest BCUT2D eigenvalue weighted by Gasteiger charge is 2.35. The number of fused-ring (bicyclic) bond motifs is 1. The van der Waals surface area contributed by atoms with E-state index in [0.717, 1.165) is 42.5 Å². The second kappa shape index (κ2) is 10.7. The van der Waals surface area contributed by atoms with Crippen molar-refractivity contribution in [1.29, 1.82) is 0 Å². The van der Waals surface area contributed by atoms with Gasteiger partial charge < -0.3 is 24.2 Å². The number of carbonyl (C=O) groups is 2. The van der Waals surface area contributed by atoms with Gasteiger partial charge in [0.25, 0.3) is 11.8 Å².